The first kappa shape index (κ1) is 11.9. The smallest absolute Gasteiger partial charge is 0.324 e. The Kier molecular flexibility index (Phi) is 4.51. The first-order valence-electron chi connectivity index (χ1n) is 4.98. The van der Waals surface area contributed by atoms with E-state index in [0.717, 1.165) is 0 Å². The Hall–Kier alpha value is -1.14. The van der Waals surface area contributed by atoms with Crippen LogP contribution >= 0.6 is 0 Å². The van der Waals surface area contributed by atoms with Crippen LogP contribution in [0.5, 0.6) is 0 Å². The minimum Gasteiger partial charge on any atom is -0.480 e. The number of nitrogens with one attached hydrogen (secondary N) is 1. The lowest BCUT2D eigenvalue weighted by atomic mass is 10.2. The van der Waals surface area contributed by atoms with E-state index in [9.17, 15) is 9.59 Å². The fourth-order valence-corrected chi connectivity index (χ4v) is 1.58. The summed E-state index contributed by atoms with van der Waals surface area (Å²) >= 11 is 0. The Morgan fingerprint density at radius 2 is 2.33 bits per heavy atom. The number of ether oxygens (including phenoxy) is 1. The molecule has 0 aliphatic carbocycles. The van der Waals surface area contributed by atoms with Crippen LogP contribution in [-0.2, 0) is 14.3 Å². The predicted molar refractivity (Wildman–Crippen MR) is 52.5 cm³/mol. The quantitative estimate of drug-likeness (QED) is 0.581. The highest BCUT2D eigenvalue weighted by atomic mass is 16.5. The molecule has 6 heteroatoms. The van der Waals surface area contributed by atoms with E-state index in [2.05, 4.69) is 5.32 Å². The van der Waals surface area contributed by atoms with Crippen LogP contribution in [-0.4, -0.2) is 60.8 Å². The minimum absolute atomic E-state index is 0.120. The van der Waals surface area contributed by atoms with Crippen LogP contribution in [0.3, 0.4) is 0 Å². The molecule has 1 unspecified atom stereocenters. The van der Waals surface area contributed by atoms with E-state index >= 15 is 0 Å². The zero-order valence-electron chi connectivity index (χ0n) is 8.73. The van der Waals surface area contributed by atoms with Gasteiger partial charge in [-0.15, -0.1) is 0 Å². The largest absolute Gasteiger partial charge is 0.480 e. The van der Waals surface area contributed by atoms with E-state index in [-0.39, 0.29) is 12.5 Å². The third kappa shape index (κ3) is 3.49. The SMILES string of the molecule is CCOC(=O)C1CNCCN1CC(=O)O. The number of hydrogen-bond donors (Lipinski definition) is 2. The van der Waals surface area contributed by atoms with Gasteiger partial charge in [-0.05, 0) is 6.92 Å². The van der Waals surface area contributed by atoms with Gasteiger partial charge < -0.3 is 15.2 Å². The molecule has 0 amide bonds. The Morgan fingerprint density at radius 1 is 1.60 bits per heavy atom. The van der Waals surface area contributed by atoms with E-state index in [0.29, 0.717) is 26.2 Å². The van der Waals surface area contributed by atoms with Crippen LogP contribution in [0.2, 0.25) is 0 Å². The average molecular weight is 216 g/mol. The van der Waals surface area contributed by atoms with E-state index in [4.69, 9.17) is 9.84 Å². The predicted octanol–water partition coefficient (Wildman–Crippen LogP) is -1.09. The molecule has 0 aromatic carbocycles. The number of carboxylic acid groups (broad SMARTS) is 1. The van der Waals surface area contributed by atoms with Gasteiger partial charge in [0.2, 0.25) is 0 Å². The highest BCUT2D eigenvalue weighted by Gasteiger charge is 2.30. The lowest BCUT2D eigenvalue weighted by molar-refractivity contribution is -0.152. The van der Waals surface area contributed by atoms with Gasteiger partial charge in [0.1, 0.15) is 6.04 Å². The van der Waals surface area contributed by atoms with Gasteiger partial charge in [0.05, 0.1) is 13.2 Å². The van der Waals surface area contributed by atoms with Gasteiger partial charge in [-0.2, -0.15) is 0 Å². The molecule has 0 aromatic heterocycles. The molecule has 1 heterocycles. The highest BCUT2D eigenvalue weighted by molar-refractivity contribution is 5.77. The molecule has 1 aliphatic rings. The standard InChI is InChI=1S/C9H16N2O4/c1-2-15-9(14)7-5-10-3-4-11(7)6-8(12)13/h7,10H,2-6H2,1H3,(H,12,13). The summed E-state index contributed by atoms with van der Waals surface area (Å²) in [6.45, 7) is 3.63. The number of carbonyl (C=O) groups excluding carboxylic acids is 1. The number of hydrogen-bond acceptors (Lipinski definition) is 5. The van der Waals surface area contributed by atoms with Crippen LogP contribution in [0.1, 0.15) is 6.92 Å². The van der Waals surface area contributed by atoms with Gasteiger partial charge in [0, 0.05) is 19.6 Å². The summed E-state index contributed by atoms with van der Waals surface area (Å²) in [5.74, 6) is -1.28. The van der Waals surface area contributed by atoms with Crippen molar-refractivity contribution in [1.29, 1.82) is 0 Å². The molecule has 86 valence electrons. The zero-order valence-corrected chi connectivity index (χ0v) is 8.73. The number of rotatable bonds is 4. The van der Waals surface area contributed by atoms with E-state index in [1.165, 1.54) is 0 Å². The van der Waals surface area contributed by atoms with Gasteiger partial charge in [0.15, 0.2) is 0 Å². The van der Waals surface area contributed by atoms with Crippen molar-refractivity contribution in [3.05, 3.63) is 0 Å². The van der Waals surface area contributed by atoms with Crippen LogP contribution in [0, 0.1) is 0 Å². The maximum absolute atomic E-state index is 11.5. The van der Waals surface area contributed by atoms with Crippen molar-refractivity contribution in [2.75, 3.05) is 32.8 Å². The molecular formula is C9H16N2O4. The zero-order chi connectivity index (χ0) is 11.3. The maximum Gasteiger partial charge on any atom is 0.324 e. The summed E-state index contributed by atoms with van der Waals surface area (Å²) in [5.41, 5.74) is 0. The molecule has 6 nitrogen and oxygen atoms in total. The molecule has 0 radical (unpaired) electrons. The van der Waals surface area contributed by atoms with Crippen molar-refractivity contribution in [2.45, 2.75) is 13.0 Å². The Morgan fingerprint density at radius 3 is 2.93 bits per heavy atom. The topological polar surface area (TPSA) is 78.9 Å². The Bertz CT molecular complexity index is 244. The van der Waals surface area contributed by atoms with Crippen molar-refractivity contribution < 1.29 is 19.4 Å². The van der Waals surface area contributed by atoms with Gasteiger partial charge in [0.25, 0.3) is 0 Å². The van der Waals surface area contributed by atoms with E-state index < -0.39 is 12.0 Å². The second kappa shape index (κ2) is 5.67. The highest BCUT2D eigenvalue weighted by Crippen LogP contribution is 2.05. The summed E-state index contributed by atoms with van der Waals surface area (Å²) in [5, 5.41) is 11.7. The molecule has 0 saturated carbocycles. The minimum atomic E-state index is -0.925. The second-order valence-corrected chi connectivity index (χ2v) is 3.34. The number of piperazine rings is 1. The molecule has 15 heavy (non-hydrogen) atoms. The monoisotopic (exact) mass is 216 g/mol. The normalized spacial score (nSPS) is 22.3. The van der Waals surface area contributed by atoms with Crippen molar-refractivity contribution in [1.82, 2.24) is 10.2 Å². The molecule has 0 bridgehead atoms. The summed E-state index contributed by atoms with van der Waals surface area (Å²) in [4.78, 5) is 23.7. The molecule has 2 N–H and O–H groups in total. The molecule has 1 saturated heterocycles. The van der Waals surface area contributed by atoms with Crippen LogP contribution in [0.4, 0.5) is 0 Å². The molecule has 1 atom stereocenters. The molecular weight excluding hydrogens is 200 g/mol. The number of esters is 1. The van der Waals surface area contributed by atoms with E-state index in [1.807, 2.05) is 0 Å². The third-order valence-electron chi connectivity index (χ3n) is 2.25. The molecule has 1 aliphatic heterocycles. The number of carboxylic acids is 1. The fraction of sp³-hybridized carbons (Fsp3) is 0.778. The first-order valence-corrected chi connectivity index (χ1v) is 4.98. The number of aliphatic carboxylic acids is 1. The fourth-order valence-electron chi connectivity index (χ4n) is 1.58. The van der Waals surface area contributed by atoms with Crippen LogP contribution < -0.4 is 5.32 Å². The second-order valence-electron chi connectivity index (χ2n) is 3.34. The number of carbonyl (C=O) groups is 2. The summed E-state index contributed by atoms with van der Waals surface area (Å²) in [6.07, 6.45) is 0. The summed E-state index contributed by atoms with van der Waals surface area (Å²) < 4.78 is 4.88. The van der Waals surface area contributed by atoms with Crippen LogP contribution in [0.15, 0.2) is 0 Å². The van der Waals surface area contributed by atoms with Gasteiger partial charge in [-0.25, -0.2) is 0 Å². The van der Waals surface area contributed by atoms with Gasteiger partial charge >= 0.3 is 11.9 Å². The van der Waals surface area contributed by atoms with Gasteiger partial charge in [-0.1, -0.05) is 0 Å². The summed E-state index contributed by atoms with van der Waals surface area (Å²) in [6, 6.07) is -0.477. The third-order valence-corrected chi connectivity index (χ3v) is 2.25. The average Bonchev–Trinajstić information content (AvgIpc) is 2.18. The molecule has 0 spiro atoms. The van der Waals surface area contributed by atoms with Crippen LogP contribution in [0.25, 0.3) is 0 Å². The van der Waals surface area contributed by atoms with Crippen molar-refractivity contribution in [3.63, 3.8) is 0 Å². The lowest BCUT2D eigenvalue weighted by Gasteiger charge is -2.33. The van der Waals surface area contributed by atoms with Crippen molar-refractivity contribution >= 4 is 11.9 Å². The Balaban J connectivity index is 2.56. The van der Waals surface area contributed by atoms with E-state index in [1.54, 1.807) is 11.8 Å². The number of nitrogens with zero attached hydrogens (tertiary/aromatic N) is 1. The molecule has 1 fully saturated rings. The first-order chi connectivity index (χ1) is 7.15. The van der Waals surface area contributed by atoms with Gasteiger partial charge in [-0.3, -0.25) is 14.5 Å². The van der Waals surface area contributed by atoms with Crippen molar-refractivity contribution in [2.24, 2.45) is 0 Å². The lowest BCUT2D eigenvalue weighted by Crippen LogP contribution is -2.56. The maximum atomic E-state index is 11.5. The Labute approximate surface area is 88.2 Å². The molecule has 0 aromatic rings. The summed E-state index contributed by atoms with van der Waals surface area (Å²) in [7, 11) is 0. The van der Waals surface area contributed by atoms with Crippen molar-refractivity contribution in [3.8, 4) is 0 Å². The molecule has 1 rings (SSSR count).